The van der Waals surface area contributed by atoms with Crippen molar-refractivity contribution in [1.82, 2.24) is 5.32 Å². The summed E-state index contributed by atoms with van der Waals surface area (Å²) in [6, 6.07) is 0.370. The van der Waals surface area contributed by atoms with E-state index in [-0.39, 0.29) is 17.6 Å². The molecule has 0 heterocycles. The van der Waals surface area contributed by atoms with Crippen LogP contribution < -0.4 is 10.6 Å². The van der Waals surface area contributed by atoms with Gasteiger partial charge in [-0.25, -0.2) is 13.2 Å². The van der Waals surface area contributed by atoms with Crippen LogP contribution in [0, 0.1) is 17.5 Å². The molecular weight excluding hydrogens is 257 g/mol. The van der Waals surface area contributed by atoms with E-state index in [1.807, 2.05) is 13.8 Å². The van der Waals surface area contributed by atoms with Crippen LogP contribution in [-0.4, -0.2) is 18.0 Å². The Morgan fingerprint density at radius 3 is 2.32 bits per heavy atom. The van der Waals surface area contributed by atoms with E-state index in [9.17, 15) is 18.0 Å². The summed E-state index contributed by atoms with van der Waals surface area (Å²) in [6.45, 7) is 5.26. The highest BCUT2D eigenvalue weighted by molar-refractivity contribution is 5.84. The van der Waals surface area contributed by atoms with Crippen molar-refractivity contribution >= 4 is 11.6 Å². The summed E-state index contributed by atoms with van der Waals surface area (Å²) >= 11 is 0. The van der Waals surface area contributed by atoms with Crippen LogP contribution in [0.25, 0.3) is 0 Å². The number of carbonyl (C=O) groups is 1. The molecule has 0 bridgehead atoms. The maximum atomic E-state index is 13.4. The van der Waals surface area contributed by atoms with Crippen LogP contribution in [0.2, 0.25) is 0 Å². The van der Waals surface area contributed by atoms with Gasteiger partial charge in [-0.2, -0.15) is 0 Å². The zero-order chi connectivity index (χ0) is 14.6. The Hall–Kier alpha value is -1.72. The van der Waals surface area contributed by atoms with Gasteiger partial charge in [0.05, 0.1) is 5.69 Å². The number of benzene rings is 1. The van der Waals surface area contributed by atoms with Gasteiger partial charge in [-0.1, -0.05) is 6.92 Å². The number of hydrogen-bond donors (Lipinski definition) is 2. The minimum absolute atomic E-state index is 0.00782. The molecule has 3 nitrogen and oxygen atoms in total. The minimum Gasteiger partial charge on any atom is -0.371 e. The van der Waals surface area contributed by atoms with Crippen LogP contribution in [0.15, 0.2) is 12.1 Å². The molecule has 0 aromatic heterocycles. The van der Waals surface area contributed by atoms with Crippen LogP contribution in [-0.2, 0) is 4.79 Å². The van der Waals surface area contributed by atoms with Gasteiger partial charge in [-0.05, 0) is 20.3 Å². The van der Waals surface area contributed by atoms with Gasteiger partial charge in [0.1, 0.15) is 11.9 Å². The molecule has 2 unspecified atom stereocenters. The molecule has 1 rings (SSSR count). The van der Waals surface area contributed by atoms with Crippen LogP contribution in [0.1, 0.15) is 27.2 Å². The van der Waals surface area contributed by atoms with Crippen molar-refractivity contribution in [2.24, 2.45) is 0 Å². The number of halogens is 3. The first-order valence-electron chi connectivity index (χ1n) is 6.06. The van der Waals surface area contributed by atoms with E-state index in [4.69, 9.17) is 0 Å². The quantitative estimate of drug-likeness (QED) is 0.811. The lowest BCUT2D eigenvalue weighted by Gasteiger charge is -2.18. The van der Waals surface area contributed by atoms with Gasteiger partial charge in [0.25, 0.3) is 0 Å². The van der Waals surface area contributed by atoms with Gasteiger partial charge in [0.15, 0.2) is 11.6 Å². The monoisotopic (exact) mass is 274 g/mol. The fourth-order valence-corrected chi connectivity index (χ4v) is 1.40. The third kappa shape index (κ3) is 4.15. The molecule has 2 atom stereocenters. The van der Waals surface area contributed by atoms with Crippen LogP contribution >= 0.6 is 0 Å². The number of rotatable bonds is 5. The normalized spacial score (nSPS) is 13.8. The summed E-state index contributed by atoms with van der Waals surface area (Å²) in [6.07, 6.45) is 0.762. The molecule has 1 aromatic rings. The number of amides is 1. The summed E-state index contributed by atoms with van der Waals surface area (Å²) < 4.78 is 39.1. The number of carbonyl (C=O) groups excluding carboxylic acids is 1. The largest absolute Gasteiger partial charge is 0.371 e. The second-order valence-electron chi connectivity index (χ2n) is 4.43. The standard InChI is InChI=1S/C13H17F3N2O/c1-4-7(2)17-13(19)8(3)18-12-6-10(15)9(14)5-11(12)16/h5-8,18H,4H2,1-3H3,(H,17,19). The van der Waals surface area contributed by atoms with Crippen molar-refractivity contribution in [2.45, 2.75) is 39.3 Å². The highest BCUT2D eigenvalue weighted by Gasteiger charge is 2.17. The molecule has 1 aromatic carbocycles. The molecule has 6 heteroatoms. The van der Waals surface area contributed by atoms with E-state index < -0.39 is 23.5 Å². The summed E-state index contributed by atoms with van der Waals surface area (Å²) in [5, 5.41) is 5.22. The molecule has 0 saturated carbocycles. The molecule has 2 N–H and O–H groups in total. The Bertz CT molecular complexity index is 465. The average molecular weight is 274 g/mol. The number of nitrogens with one attached hydrogen (secondary N) is 2. The minimum atomic E-state index is -1.26. The Labute approximate surface area is 110 Å². The second-order valence-corrected chi connectivity index (χ2v) is 4.43. The van der Waals surface area contributed by atoms with Gasteiger partial charge in [-0.15, -0.1) is 0 Å². The highest BCUT2D eigenvalue weighted by atomic mass is 19.2. The fraction of sp³-hybridized carbons (Fsp3) is 0.462. The number of hydrogen-bond acceptors (Lipinski definition) is 2. The van der Waals surface area contributed by atoms with Crippen LogP contribution in [0.3, 0.4) is 0 Å². The fourth-order valence-electron chi connectivity index (χ4n) is 1.40. The Morgan fingerprint density at radius 1 is 1.16 bits per heavy atom. The lowest BCUT2D eigenvalue weighted by Crippen LogP contribution is -2.42. The lowest BCUT2D eigenvalue weighted by atomic mass is 10.2. The Balaban J connectivity index is 2.74. The molecule has 0 aliphatic carbocycles. The summed E-state index contributed by atoms with van der Waals surface area (Å²) in [5.74, 6) is -3.71. The van der Waals surface area contributed by atoms with Crippen molar-refractivity contribution in [3.8, 4) is 0 Å². The summed E-state index contributed by atoms with van der Waals surface area (Å²) in [5.41, 5.74) is -0.245. The molecule has 0 spiro atoms. The SMILES string of the molecule is CCC(C)NC(=O)C(C)Nc1cc(F)c(F)cc1F. The topological polar surface area (TPSA) is 41.1 Å². The number of anilines is 1. The molecule has 19 heavy (non-hydrogen) atoms. The first kappa shape index (κ1) is 15.3. The van der Waals surface area contributed by atoms with Gasteiger partial charge >= 0.3 is 0 Å². The van der Waals surface area contributed by atoms with Crippen LogP contribution in [0.5, 0.6) is 0 Å². The zero-order valence-corrected chi connectivity index (χ0v) is 11.1. The van der Waals surface area contributed by atoms with Crippen molar-refractivity contribution < 1.29 is 18.0 Å². The smallest absolute Gasteiger partial charge is 0.242 e. The maximum absolute atomic E-state index is 13.4. The first-order valence-corrected chi connectivity index (χ1v) is 6.06. The molecule has 0 aliphatic rings. The molecule has 106 valence electrons. The van der Waals surface area contributed by atoms with Crippen molar-refractivity contribution in [3.63, 3.8) is 0 Å². The molecular formula is C13H17F3N2O. The molecule has 0 fully saturated rings. The van der Waals surface area contributed by atoms with Crippen molar-refractivity contribution in [2.75, 3.05) is 5.32 Å². The molecule has 0 radical (unpaired) electrons. The summed E-state index contributed by atoms with van der Waals surface area (Å²) in [7, 11) is 0. The Morgan fingerprint density at radius 2 is 1.74 bits per heavy atom. The molecule has 1 amide bonds. The lowest BCUT2D eigenvalue weighted by molar-refractivity contribution is -0.122. The van der Waals surface area contributed by atoms with Crippen LogP contribution in [0.4, 0.5) is 18.9 Å². The van der Waals surface area contributed by atoms with E-state index in [1.54, 1.807) is 0 Å². The predicted octanol–water partition coefficient (Wildman–Crippen LogP) is 2.82. The van der Waals surface area contributed by atoms with E-state index in [2.05, 4.69) is 10.6 Å². The summed E-state index contributed by atoms with van der Waals surface area (Å²) in [4.78, 5) is 11.7. The van der Waals surface area contributed by atoms with Gasteiger partial charge in [0.2, 0.25) is 5.91 Å². The van der Waals surface area contributed by atoms with Crippen molar-refractivity contribution in [3.05, 3.63) is 29.6 Å². The van der Waals surface area contributed by atoms with E-state index in [0.29, 0.717) is 12.1 Å². The van der Waals surface area contributed by atoms with Gasteiger partial charge in [-0.3, -0.25) is 4.79 Å². The van der Waals surface area contributed by atoms with Gasteiger partial charge < -0.3 is 10.6 Å². The second kappa shape index (κ2) is 6.45. The van der Waals surface area contributed by atoms with E-state index in [0.717, 1.165) is 6.42 Å². The average Bonchev–Trinajstić information content (AvgIpc) is 2.35. The first-order chi connectivity index (χ1) is 8.85. The third-order valence-electron chi connectivity index (χ3n) is 2.78. The Kier molecular flexibility index (Phi) is 5.20. The third-order valence-corrected chi connectivity index (χ3v) is 2.78. The van der Waals surface area contributed by atoms with Gasteiger partial charge in [0, 0.05) is 18.2 Å². The zero-order valence-electron chi connectivity index (χ0n) is 11.1. The van der Waals surface area contributed by atoms with E-state index in [1.165, 1.54) is 6.92 Å². The van der Waals surface area contributed by atoms with E-state index >= 15 is 0 Å². The molecule has 0 aliphatic heterocycles. The predicted molar refractivity (Wildman–Crippen MR) is 67.3 cm³/mol. The highest BCUT2D eigenvalue weighted by Crippen LogP contribution is 2.19. The maximum Gasteiger partial charge on any atom is 0.242 e. The molecule has 0 saturated heterocycles. The van der Waals surface area contributed by atoms with Crippen molar-refractivity contribution in [1.29, 1.82) is 0 Å².